The summed E-state index contributed by atoms with van der Waals surface area (Å²) in [5.74, 6) is -0.795. The molecule has 0 spiro atoms. The molecule has 1 fully saturated rings. The normalized spacial score (nSPS) is 32.5. The molecule has 1 aliphatic heterocycles. The summed E-state index contributed by atoms with van der Waals surface area (Å²) >= 11 is 1.79. The first-order valence-electron chi connectivity index (χ1n) is 2.97. The van der Waals surface area contributed by atoms with E-state index in [1.165, 1.54) is 0 Å². The third kappa shape index (κ3) is 1.80. The molecule has 2 N–H and O–H groups in total. The summed E-state index contributed by atoms with van der Waals surface area (Å²) in [4.78, 5) is 10.3. The molecule has 0 aromatic carbocycles. The van der Waals surface area contributed by atoms with Crippen molar-refractivity contribution >= 4 is 29.0 Å². The van der Waals surface area contributed by atoms with Crippen LogP contribution in [-0.4, -0.2) is 29.8 Å². The van der Waals surface area contributed by atoms with E-state index in [0.717, 1.165) is 0 Å². The number of nitrogens with one attached hydrogen (secondary N) is 1. The van der Waals surface area contributed by atoms with Crippen molar-refractivity contribution < 1.29 is 13.0 Å². The second kappa shape index (κ2) is 3.49. The Morgan fingerprint density at radius 1 is 1.80 bits per heavy atom. The van der Waals surface area contributed by atoms with Gasteiger partial charge in [0.1, 0.15) is 29.0 Å². The molecule has 0 aromatic heterocycles. The highest BCUT2D eigenvalue weighted by atomic mass is 127. The highest BCUT2D eigenvalue weighted by Gasteiger charge is 2.29. The Bertz CT molecular complexity index is 141. The summed E-state index contributed by atoms with van der Waals surface area (Å²) in [6.45, 7) is 0.639. The second-order valence-corrected chi connectivity index (χ2v) is 2.75. The van der Waals surface area contributed by atoms with Gasteiger partial charge in [-0.1, -0.05) is 0 Å². The van der Waals surface area contributed by atoms with Crippen molar-refractivity contribution in [3.05, 3.63) is 0 Å². The molecule has 0 amide bonds. The van der Waals surface area contributed by atoms with Crippen LogP contribution < -0.4 is 5.32 Å². The van der Waals surface area contributed by atoms with E-state index >= 15 is 0 Å². The monoisotopic (exact) mass is 257 g/mol. The Balaban J connectivity index is 2.35. The molecule has 5 heteroatoms. The first-order chi connectivity index (χ1) is 4.74. The van der Waals surface area contributed by atoms with E-state index in [4.69, 9.17) is 8.17 Å². The third-order valence-electron chi connectivity index (χ3n) is 1.51. The van der Waals surface area contributed by atoms with Gasteiger partial charge < -0.3 is 13.5 Å². The number of aliphatic carboxylic acids is 1. The van der Waals surface area contributed by atoms with E-state index in [1.54, 1.807) is 23.0 Å². The molecule has 0 bridgehead atoms. The quantitative estimate of drug-likeness (QED) is 0.692. The number of carboxylic acids is 1. The lowest BCUT2D eigenvalue weighted by Gasteiger charge is -2.01. The molecule has 1 rings (SSSR count). The minimum atomic E-state index is -0.795. The van der Waals surface area contributed by atoms with Crippen LogP contribution in [0.15, 0.2) is 0 Å². The molecule has 0 aromatic rings. The zero-order chi connectivity index (χ0) is 7.56. The fraction of sp³-hybridized carbons (Fsp3) is 0.800. The average molecular weight is 257 g/mol. The van der Waals surface area contributed by atoms with Crippen molar-refractivity contribution in [1.29, 1.82) is 0 Å². The zero-order valence-electron chi connectivity index (χ0n) is 5.21. The molecule has 0 radical (unpaired) electrons. The van der Waals surface area contributed by atoms with E-state index in [2.05, 4.69) is 5.32 Å². The highest BCUT2D eigenvalue weighted by Crippen LogP contribution is 2.12. The van der Waals surface area contributed by atoms with Crippen LogP contribution in [0.5, 0.6) is 0 Å². The third-order valence-corrected chi connectivity index (χ3v) is 2.23. The van der Waals surface area contributed by atoms with Crippen LogP contribution >= 0.6 is 23.0 Å². The summed E-state index contributed by atoms with van der Waals surface area (Å²) < 4.78 is 4.94. The van der Waals surface area contributed by atoms with Crippen molar-refractivity contribution in [2.45, 2.75) is 18.6 Å². The van der Waals surface area contributed by atoms with E-state index < -0.39 is 12.0 Å². The lowest BCUT2D eigenvalue weighted by Crippen LogP contribution is -2.29. The molecule has 4 nitrogen and oxygen atoms in total. The minimum Gasteiger partial charge on any atom is -0.480 e. The van der Waals surface area contributed by atoms with Crippen LogP contribution in [0.4, 0.5) is 0 Å². The second-order valence-electron chi connectivity index (χ2n) is 2.25. The predicted molar refractivity (Wildman–Crippen MR) is 42.9 cm³/mol. The van der Waals surface area contributed by atoms with Crippen LogP contribution in [0.3, 0.4) is 0 Å². The summed E-state index contributed by atoms with van der Waals surface area (Å²) in [7, 11) is 0. The molecular formula is C5H8INO3. The maximum atomic E-state index is 10.3. The molecule has 10 heavy (non-hydrogen) atoms. The van der Waals surface area contributed by atoms with Gasteiger partial charge in [-0.15, -0.1) is 0 Å². The van der Waals surface area contributed by atoms with E-state index in [-0.39, 0.29) is 6.10 Å². The van der Waals surface area contributed by atoms with Crippen molar-refractivity contribution in [3.63, 3.8) is 0 Å². The van der Waals surface area contributed by atoms with Gasteiger partial charge >= 0.3 is 5.97 Å². The van der Waals surface area contributed by atoms with Gasteiger partial charge in [0.2, 0.25) is 0 Å². The van der Waals surface area contributed by atoms with E-state index in [1.807, 2.05) is 0 Å². The van der Waals surface area contributed by atoms with Gasteiger partial charge in [-0.25, -0.2) is 0 Å². The van der Waals surface area contributed by atoms with Gasteiger partial charge in [0.25, 0.3) is 0 Å². The standard InChI is InChI=1S/C5H8INO3/c6-10-3-1-4(5(8)9)7-2-3/h3-4,7H,1-2H2,(H,8,9)/t3-,4+/m1/s1. The Kier molecular flexibility index (Phi) is 2.87. The van der Waals surface area contributed by atoms with Gasteiger partial charge in [0.05, 0.1) is 6.10 Å². The molecule has 58 valence electrons. The Morgan fingerprint density at radius 2 is 2.50 bits per heavy atom. The number of rotatable bonds is 2. The number of carboxylic acid groups (broad SMARTS) is 1. The Morgan fingerprint density at radius 3 is 2.80 bits per heavy atom. The summed E-state index contributed by atoms with van der Waals surface area (Å²) in [5.41, 5.74) is 0. The average Bonchev–Trinajstić information content (AvgIpc) is 2.34. The maximum Gasteiger partial charge on any atom is 0.320 e. The SMILES string of the molecule is O=C(O)[C@@H]1C[C@@H](OI)CN1. The Labute approximate surface area is 72.6 Å². The summed E-state index contributed by atoms with van der Waals surface area (Å²) in [6.07, 6.45) is 0.625. The number of carbonyl (C=O) groups is 1. The van der Waals surface area contributed by atoms with Gasteiger partial charge in [0, 0.05) is 13.0 Å². The lowest BCUT2D eigenvalue weighted by atomic mass is 10.2. The molecule has 0 aliphatic carbocycles. The smallest absolute Gasteiger partial charge is 0.320 e. The van der Waals surface area contributed by atoms with E-state index in [0.29, 0.717) is 13.0 Å². The van der Waals surface area contributed by atoms with Gasteiger partial charge in [-0.05, 0) is 0 Å². The fourth-order valence-corrected chi connectivity index (χ4v) is 1.35. The minimum absolute atomic E-state index is 0.0571. The van der Waals surface area contributed by atoms with Crippen LogP contribution in [0.2, 0.25) is 0 Å². The largest absolute Gasteiger partial charge is 0.480 e. The van der Waals surface area contributed by atoms with Crippen molar-refractivity contribution in [2.75, 3.05) is 6.54 Å². The van der Waals surface area contributed by atoms with Gasteiger partial charge in [-0.2, -0.15) is 0 Å². The molecule has 2 atom stereocenters. The number of halogens is 1. The van der Waals surface area contributed by atoms with Gasteiger partial charge in [-0.3, -0.25) is 4.79 Å². The van der Waals surface area contributed by atoms with Crippen LogP contribution in [0.25, 0.3) is 0 Å². The van der Waals surface area contributed by atoms with Crippen LogP contribution in [0, 0.1) is 0 Å². The molecule has 1 heterocycles. The van der Waals surface area contributed by atoms with Gasteiger partial charge in [0.15, 0.2) is 0 Å². The Hall–Kier alpha value is 0.120. The summed E-state index contributed by atoms with van der Waals surface area (Å²) in [6, 6.07) is -0.417. The molecule has 0 unspecified atom stereocenters. The van der Waals surface area contributed by atoms with Crippen molar-refractivity contribution in [2.24, 2.45) is 0 Å². The van der Waals surface area contributed by atoms with Crippen LogP contribution in [-0.2, 0) is 7.86 Å². The maximum absolute atomic E-state index is 10.3. The molecule has 0 saturated carbocycles. The molecule has 1 aliphatic rings. The topological polar surface area (TPSA) is 58.6 Å². The summed E-state index contributed by atoms with van der Waals surface area (Å²) in [5, 5.41) is 11.3. The van der Waals surface area contributed by atoms with Crippen molar-refractivity contribution in [1.82, 2.24) is 5.32 Å². The van der Waals surface area contributed by atoms with Crippen molar-refractivity contribution in [3.8, 4) is 0 Å². The number of hydrogen-bond donors (Lipinski definition) is 2. The number of hydrogen-bond acceptors (Lipinski definition) is 3. The molecular weight excluding hydrogens is 249 g/mol. The first kappa shape index (κ1) is 8.22. The highest BCUT2D eigenvalue weighted by molar-refractivity contribution is 14.1. The zero-order valence-corrected chi connectivity index (χ0v) is 7.37. The predicted octanol–water partition coefficient (Wildman–Crippen LogP) is 0.168. The van der Waals surface area contributed by atoms with E-state index in [9.17, 15) is 4.79 Å². The molecule has 1 saturated heterocycles. The fourth-order valence-electron chi connectivity index (χ4n) is 0.959. The lowest BCUT2D eigenvalue weighted by molar-refractivity contribution is -0.139. The first-order valence-corrected chi connectivity index (χ1v) is 3.85. The van der Waals surface area contributed by atoms with Crippen LogP contribution in [0.1, 0.15) is 6.42 Å².